The molecule has 164 valence electrons. The second-order valence-electron chi connectivity index (χ2n) is 7.42. The highest BCUT2D eigenvalue weighted by Gasteiger charge is 2.22. The van der Waals surface area contributed by atoms with Crippen LogP contribution in [0.25, 0.3) is 10.9 Å². The third kappa shape index (κ3) is 4.84. The van der Waals surface area contributed by atoms with Crippen molar-refractivity contribution in [1.29, 1.82) is 0 Å². The van der Waals surface area contributed by atoms with Gasteiger partial charge in [0.25, 0.3) is 10.0 Å². The van der Waals surface area contributed by atoms with Crippen LogP contribution in [0.1, 0.15) is 12.8 Å². The van der Waals surface area contributed by atoms with Gasteiger partial charge in [0.1, 0.15) is 12.4 Å². The number of anilines is 1. The summed E-state index contributed by atoms with van der Waals surface area (Å²) in [6.07, 6.45) is 3.25. The van der Waals surface area contributed by atoms with Crippen molar-refractivity contribution >= 4 is 38.3 Å². The molecule has 31 heavy (non-hydrogen) atoms. The summed E-state index contributed by atoms with van der Waals surface area (Å²) in [5.41, 5.74) is 0.549. The highest BCUT2D eigenvalue weighted by atomic mass is 35.5. The summed E-state index contributed by atoms with van der Waals surface area (Å²) in [6.45, 7) is 1.94. The summed E-state index contributed by atoms with van der Waals surface area (Å²) in [5, 5.41) is 0.959. The van der Waals surface area contributed by atoms with Crippen molar-refractivity contribution in [2.45, 2.75) is 23.8 Å². The number of hydrogen-bond donors (Lipinski definition) is 1. The number of aromatic nitrogens is 2. The Hall–Kier alpha value is -2.62. The van der Waals surface area contributed by atoms with E-state index in [1.54, 1.807) is 19.2 Å². The molecule has 0 aliphatic carbocycles. The Morgan fingerprint density at radius 2 is 1.81 bits per heavy atom. The fraction of sp³-hybridized carbons (Fsp3) is 0.333. The fourth-order valence-corrected chi connectivity index (χ4v) is 4.63. The number of piperidine rings is 1. The van der Waals surface area contributed by atoms with Crippen LogP contribution in [0.15, 0.2) is 47.6 Å². The SMILES string of the molecule is COc1cc2c(NS(=O)(=O)c3ccc(Cl)cc3)ncnc2cc1OC1CCN(C)CC1. The first-order valence-corrected chi connectivity index (χ1v) is 11.7. The van der Waals surface area contributed by atoms with Gasteiger partial charge in [-0.2, -0.15) is 0 Å². The average Bonchev–Trinajstić information content (AvgIpc) is 2.75. The van der Waals surface area contributed by atoms with Gasteiger partial charge in [-0.25, -0.2) is 18.4 Å². The van der Waals surface area contributed by atoms with Gasteiger partial charge in [-0.05, 0) is 50.2 Å². The number of halogens is 1. The van der Waals surface area contributed by atoms with Gasteiger partial charge in [0.15, 0.2) is 17.3 Å². The molecule has 0 saturated carbocycles. The molecule has 1 aromatic heterocycles. The van der Waals surface area contributed by atoms with Gasteiger partial charge in [0.05, 0.1) is 17.5 Å². The van der Waals surface area contributed by atoms with E-state index in [2.05, 4.69) is 26.6 Å². The molecular formula is C21H23ClN4O4S. The Morgan fingerprint density at radius 1 is 1.10 bits per heavy atom. The summed E-state index contributed by atoms with van der Waals surface area (Å²) in [7, 11) is -0.216. The summed E-state index contributed by atoms with van der Waals surface area (Å²) in [5.74, 6) is 1.23. The minimum Gasteiger partial charge on any atom is -0.493 e. The van der Waals surface area contributed by atoms with E-state index in [-0.39, 0.29) is 16.8 Å². The zero-order valence-electron chi connectivity index (χ0n) is 17.2. The van der Waals surface area contributed by atoms with Gasteiger partial charge in [-0.15, -0.1) is 0 Å². The van der Waals surface area contributed by atoms with Crippen molar-refractivity contribution in [3.05, 3.63) is 47.7 Å². The van der Waals surface area contributed by atoms with Gasteiger partial charge in [0, 0.05) is 29.6 Å². The molecule has 3 aromatic rings. The number of fused-ring (bicyclic) bond motifs is 1. The Kier molecular flexibility index (Phi) is 6.17. The highest BCUT2D eigenvalue weighted by Crippen LogP contribution is 2.36. The normalized spacial score (nSPS) is 15.7. The molecule has 2 heterocycles. The summed E-state index contributed by atoms with van der Waals surface area (Å²) >= 11 is 5.86. The molecule has 1 fully saturated rings. The molecule has 1 aliphatic rings. The van der Waals surface area contributed by atoms with Gasteiger partial charge < -0.3 is 14.4 Å². The summed E-state index contributed by atoms with van der Waals surface area (Å²) in [6, 6.07) is 9.35. The molecule has 0 amide bonds. The molecule has 2 aromatic carbocycles. The van der Waals surface area contributed by atoms with E-state index in [9.17, 15) is 8.42 Å². The monoisotopic (exact) mass is 462 g/mol. The van der Waals surface area contributed by atoms with Crippen molar-refractivity contribution < 1.29 is 17.9 Å². The van der Waals surface area contributed by atoms with E-state index in [4.69, 9.17) is 21.1 Å². The lowest BCUT2D eigenvalue weighted by atomic mass is 10.1. The molecule has 0 bridgehead atoms. The Bertz CT molecular complexity index is 1180. The van der Waals surface area contributed by atoms with Crippen molar-refractivity contribution in [1.82, 2.24) is 14.9 Å². The van der Waals surface area contributed by atoms with Gasteiger partial charge >= 0.3 is 0 Å². The predicted molar refractivity (Wildman–Crippen MR) is 119 cm³/mol. The van der Waals surface area contributed by atoms with Gasteiger partial charge in [-0.3, -0.25) is 4.72 Å². The number of sulfonamides is 1. The maximum Gasteiger partial charge on any atom is 0.263 e. The largest absolute Gasteiger partial charge is 0.493 e. The first kappa shape index (κ1) is 21.6. The van der Waals surface area contributed by atoms with Crippen LogP contribution in [0.3, 0.4) is 0 Å². The van der Waals surface area contributed by atoms with Crippen molar-refractivity contribution in [3.8, 4) is 11.5 Å². The fourth-order valence-electron chi connectivity index (χ4n) is 3.48. The minimum atomic E-state index is -3.85. The van der Waals surface area contributed by atoms with E-state index in [1.807, 2.05) is 0 Å². The van der Waals surface area contributed by atoms with Crippen molar-refractivity contribution in [3.63, 3.8) is 0 Å². The lowest BCUT2D eigenvalue weighted by Gasteiger charge is -2.29. The number of nitrogens with zero attached hydrogens (tertiary/aromatic N) is 3. The first-order valence-electron chi connectivity index (χ1n) is 9.82. The number of nitrogens with one attached hydrogen (secondary N) is 1. The second kappa shape index (κ2) is 8.86. The smallest absolute Gasteiger partial charge is 0.263 e. The lowest BCUT2D eigenvalue weighted by Crippen LogP contribution is -2.35. The van der Waals surface area contributed by atoms with Gasteiger partial charge in [-0.1, -0.05) is 11.6 Å². The van der Waals surface area contributed by atoms with Crippen molar-refractivity contribution in [2.75, 3.05) is 32.0 Å². The van der Waals surface area contributed by atoms with E-state index in [0.717, 1.165) is 25.9 Å². The molecule has 4 rings (SSSR count). The topological polar surface area (TPSA) is 93.6 Å². The second-order valence-corrected chi connectivity index (χ2v) is 9.54. The Morgan fingerprint density at radius 3 is 2.48 bits per heavy atom. The number of ether oxygens (including phenoxy) is 2. The zero-order chi connectivity index (χ0) is 22.0. The maximum absolute atomic E-state index is 12.8. The standard InChI is InChI=1S/C21H23ClN4O4S/c1-26-9-7-15(8-10-26)30-20-12-18-17(11-19(20)29-2)21(24-13-23-18)25-31(27,28)16-5-3-14(22)4-6-16/h3-6,11-13,15H,7-10H2,1-2H3,(H,23,24,25). The van der Waals surface area contributed by atoms with Crippen molar-refractivity contribution in [2.24, 2.45) is 0 Å². The molecule has 0 radical (unpaired) electrons. The molecule has 1 aliphatic heterocycles. The third-order valence-electron chi connectivity index (χ3n) is 5.23. The summed E-state index contributed by atoms with van der Waals surface area (Å²) < 4.78 is 39.8. The lowest BCUT2D eigenvalue weighted by molar-refractivity contribution is 0.111. The number of rotatable bonds is 6. The van der Waals surface area contributed by atoms with Crippen LogP contribution in [0.2, 0.25) is 5.02 Å². The number of benzene rings is 2. The minimum absolute atomic E-state index is 0.0813. The van der Waals surface area contributed by atoms with E-state index in [1.165, 1.54) is 30.6 Å². The van der Waals surface area contributed by atoms with Crippen LogP contribution in [0.4, 0.5) is 5.82 Å². The average molecular weight is 463 g/mol. The van der Waals surface area contributed by atoms with Crippen LogP contribution in [0, 0.1) is 0 Å². The Labute approximate surface area is 186 Å². The van der Waals surface area contributed by atoms with E-state index in [0.29, 0.717) is 27.4 Å². The van der Waals surface area contributed by atoms with Crippen LogP contribution in [-0.2, 0) is 10.0 Å². The predicted octanol–water partition coefficient (Wildman–Crippen LogP) is 3.57. The maximum atomic E-state index is 12.8. The van der Waals surface area contributed by atoms with Crippen LogP contribution in [-0.4, -0.2) is 56.6 Å². The highest BCUT2D eigenvalue weighted by molar-refractivity contribution is 7.92. The van der Waals surface area contributed by atoms with Crippen LogP contribution in [0.5, 0.6) is 11.5 Å². The molecule has 0 atom stereocenters. The molecule has 0 unspecified atom stereocenters. The summed E-state index contributed by atoms with van der Waals surface area (Å²) in [4.78, 5) is 10.8. The van der Waals surface area contributed by atoms with Crippen LogP contribution >= 0.6 is 11.6 Å². The molecule has 0 spiro atoms. The number of likely N-dealkylation sites (tertiary alicyclic amines) is 1. The van der Waals surface area contributed by atoms with Gasteiger partial charge in [0.2, 0.25) is 0 Å². The van der Waals surface area contributed by atoms with E-state index < -0.39 is 10.0 Å². The molecule has 8 nitrogen and oxygen atoms in total. The molecule has 1 saturated heterocycles. The molecular weight excluding hydrogens is 440 g/mol. The molecule has 1 N–H and O–H groups in total. The molecule has 10 heteroatoms. The van der Waals surface area contributed by atoms with Crippen LogP contribution < -0.4 is 14.2 Å². The quantitative estimate of drug-likeness (QED) is 0.598. The number of hydrogen-bond acceptors (Lipinski definition) is 7. The van der Waals surface area contributed by atoms with E-state index >= 15 is 0 Å². The number of methoxy groups -OCH3 is 1. The Balaban J connectivity index is 1.65. The first-order chi connectivity index (χ1) is 14.9. The third-order valence-corrected chi connectivity index (χ3v) is 6.84. The zero-order valence-corrected chi connectivity index (χ0v) is 18.8.